The molecule has 0 saturated carbocycles. The maximum Gasteiger partial charge on any atom is 0.156 e. The molecule has 2 N–H and O–H groups in total. The molecule has 0 saturated heterocycles. The van der Waals surface area contributed by atoms with Gasteiger partial charge in [0.05, 0.1) is 11.0 Å². The number of rotatable bonds is 4. The molecule has 0 spiro atoms. The van der Waals surface area contributed by atoms with Crippen molar-refractivity contribution in [2.75, 3.05) is 0 Å². The Morgan fingerprint density at radius 2 is 1.81 bits per heavy atom. The Bertz CT molecular complexity index is 469. The standard InChI is InChI=1S/C11H16FNO2S/c1-8(2)16(14,15)7-10-3-9(6-13)4-11(12)5-10/h3-5,8H,6-7,13H2,1-2H3. The summed E-state index contributed by atoms with van der Waals surface area (Å²) in [6, 6.07) is 4.17. The van der Waals surface area contributed by atoms with Crippen LogP contribution in [0.25, 0.3) is 0 Å². The van der Waals surface area contributed by atoms with Gasteiger partial charge in [0, 0.05) is 6.54 Å². The molecular weight excluding hydrogens is 229 g/mol. The Balaban J connectivity index is 3.02. The molecule has 1 rings (SSSR count). The van der Waals surface area contributed by atoms with Crippen LogP contribution >= 0.6 is 0 Å². The largest absolute Gasteiger partial charge is 0.326 e. The van der Waals surface area contributed by atoms with Crippen molar-refractivity contribution in [2.24, 2.45) is 5.73 Å². The molecule has 5 heteroatoms. The molecule has 1 aromatic rings. The number of nitrogens with two attached hydrogens (primary N) is 1. The van der Waals surface area contributed by atoms with Gasteiger partial charge in [-0.15, -0.1) is 0 Å². The lowest BCUT2D eigenvalue weighted by Gasteiger charge is -2.09. The Kier molecular flexibility index (Phi) is 4.04. The first-order valence-corrected chi connectivity index (χ1v) is 6.76. The fourth-order valence-electron chi connectivity index (χ4n) is 1.32. The van der Waals surface area contributed by atoms with E-state index in [0.717, 1.165) is 0 Å². The van der Waals surface area contributed by atoms with E-state index >= 15 is 0 Å². The fourth-order valence-corrected chi connectivity index (χ4v) is 2.28. The van der Waals surface area contributed by atoms with Crippen LogP contribution < -0.4 is 5.73 Å². The molecule has 3 nitrogen and oxygen atoms in total. The number of halogens is 1. The van der Waals surface area contributed by atoms with E-state index in [0.29, 0.717) is 11.1 Å². The first-order chi connectivity index (χ1) is 7.35. The highest BCUT2D eigenvalue weighted by atomic mass is 32.2. The zero-order valence-electron chi connectivity index (χ0n) is 9.40. The Morgan fingerprint density at radius 3 is 2.31 bits per heavy atom. The van der Waals surface area contributed by atoms with Crippen molar-refractivity contribution in [1.82, 2.24) is 0 Å². The van der Waals surface area contributed by atoms with Crippen LogP contribution in [0.2, 0.25) is 0 Å². The Hall–Kier alpha value is -0.940. The Labute approximate surface area is 95.4 Å². The first kappa shape index (κ1) is 13.1. The minimum Gasteiger partial charge on any atom is -0.326 e. The van der Waals surface area contributed by atoms with Crippen molar-refractivity contribution in [3.05, 3.63) is 35.1 Å². The van der Waals surface area contributed by atoms with Gasteiger partial charge in [-0.3, -0.25) is 0 Å². The second-order valence-electron chi connectivity index (χ2n) is 4.03. The molecule has 0 heterocycles. The van der Waals surface area contributed by atoms with Crippen LogP contribution in [0, 0.1) is 5.82 Å². The lowest BCUT2D eigenvalue weighted by atomic mass is 10.1. The maximum absolute atomic E-state index is 13.1. The lowest BCUT2D eigenvalue weighted by molar-refractivity contribution is 0.586. The second-order valence-corrected chi connectivity index (χ2v) is 6.59. The van der Waals surface area contributed by atoms with Gasteiger partial charge in [0.25, 0.3) is 0 Å². The van der Waals surface area contributed by atoms with Gasteiger partial charge in [-0.1, -0.05) is 6.07 Å². The molecule has 0 unspecified atom stereocenters. The Morgan fingerprint density at radius 1 is 1.25 bits per heavy atom. The molecular formula is C11H16FNO2S. The van der Waals surface area contributed by atoms with Crippen LogP contribution in [-0.2, 0) is 22.1 Å². The average molecular weight is 245 g/mol. The highest BCUT2D eigenvalue weighted by molar-refractivity contribution is 7.91. The lowest BCUT2D eigenvalue weighted by Crippen LogP contribution is -2.16. The van der Waals surface area contributed by atoms with Gasteiger partial charge in [-0.05, 0) is 37.1 Å². The highest BCUT2D eigenvalue weighted by Gasteiger charge is 2.17. The third-order valence-electron chi connectivity index (χ3n) is 2.34. The molecule has 0 amide bonds. The molecule has 0 fully saturated rings. The molecule has 0 aromatic heterocycles. The van der Waals surface area contributed by atoms with E-state index in [9.17, 15) is 12.8 Å². The van der Waals surface area contributed by atoms with Crippen LogP contribution in [-0.4, -0.2) is 13.7 Å². The van der Waals surface area contributed by atoms with E-state index < -0.39 is 20.9 Å². The first-order valence-electron chi connectivity index (χ1n) is 5.05. The normalized spacial score (nSPS) is 12.1. The van der Waals surface area contributed by atoms with Crippen LogP contribution in [0.15, 0.2) is 18.2 Å². The van der Waals surface area contributed by atoms with Gasteiger partial charge in [0.2, 0.25) is 0 Å². The average Bonchev–Trinajstić information content (AvgIpc) is 2.15. The van der Waals surface area contributed by atoms with Gasteiger partial charge in [0.15, 0.2) is 9.84 Å². The monoisotopic (exact) mass is 245 g/mol. The quantitative estimate of drug-likeness (QED) is 0.876. The van der Waals surface area contributed by atoms with E-state index in [4.69, 9.17) is 5.73 Å². The zero-order valence-corrected chi connectivity index (χ0v) is 10.2. The van der Waals surface area contributed by atoms with E-state index in [1.807, 2.05) is 0 Å². The zero-order chi connectivity index (χ0) is 12.3. The van der Waals surface area contributed by atoms with Gasteiger partial charge < -0.3 is 5.73 Å². The summed E-state index contributed by atoms with van der Waals surface area (Å²) in [6.45, 7) is 3.42. The van der Waals surface area contributed by atoms with Gasteiger partial charge in [-0.2, -0.15) is 0 Å². The van der Waals surface area contributed by atoms with Crippen LogP contribution in [0.4, 0.5) is 4.39 Å². The summed E-state index contributed by atoms with van der Waals surface area (Å²) < 4.78 is 36.5. The molecule has 0 aliphatic rings. The minimum atomic E-state index is -3.20. The molecule has 0 aliphatic carbocycles. The van der Waals surface area contributed by atoms with Crippen molar-refractivity contribution < 1.29 is 12.8 Å². The number of hydrogen-bond acceptors (Lipinski definition) is 3. The molecule has 16 heavy (non-hydrogen) atoms. The number of sulfone groups is 1. The minimum absolute atomic E-state index is 0.143. The summed E-state index contributed by atoms with van der Waals surface area (Å²) in [5, 5.41) is -0.461. The summed E-state index contributed by atoms with van der Waals surface area (Å²) in [4.78, 5) is 0. The van der Waals surface area contributed by atoms with Crippen LogP contribution in [0.5, 0.6) is 0 Å². The van der Waals surface area contributed by atoms with Crippen molar-refractivity contribution >= 4 is 9.84 Å². The molecule has 0 radical (unpaired) electrons. The molecule has 0 aliphatic heterocycles. The van der Waals surface area contributed by atoms with Gasteiger partial charge in [0.1, 0.15) is 5.82 Å². The molecule has 0 atom stereocenters. The molecule has 90 valence electrons. The van der Waals surface area contributed by atoms with Crippen molar-refractivity contribution in [3.8, 4) is 0 Å². The fraction of sp³-hybridized carbons (Fsp3) is 0.455. The third-order valence-corrected chi connectivity index (χ3v) is 4.51. The third kappa shape index (κ3) is 3.28. The SMILES string of the molecule is CC(C)S(=O)(=O)Cc1cc(F)cc(CN)c1. The van der Waals surface area contributed by atoms with E-state index in [1.165, 1.54) is 12.1 Å². The number of hydrogen-bond donors (Lipinski definition) is 1. The molecule has 0 bridgehead atoms. The van der Waals surface area contributed by atoms with Crippen LogP contribution in [0.1, 0.15) is 25.0 Å². The highest BCUT2D eigenvalue weighted by Crippen LogP contribution is 2.14. The number of benzene rings is 1. The van der Waals surface area contributed by atoms with Crippen molar-refractivity contribution in [1.29, 1.82) is 0 Å². The second kappa shape index (κ2) is 4.93. The summed E-state index contributed by atoms with van der Waals surface area (Å²) in [7, 11) is -3.20. The van der Waals surface area contributed by atoms with Gasteiger partial charge in [-0.25, -0.2) is 12.8 Å². The summed E-state index contributed by atoms with van der Waals surface area (Å²) in [5.41, 5.74) is 6.45. The van der Waals surface area contributed by atoms with Crippen LogP contribution in [0.3, 0.4) is 0 Å². The smallest absolute Gasteiger partial charge is 0.156 e. The molecule has 1 aromatic carbocycles. The predicted molar refractivity (Wildman–Crippen MR) is 62.1 cm³/mol. The maximum atomic E-state index is 13.1. The summed E-state index contributed by atoms with van der Waals surface area (Å²) in [5.74, 6) is -0.591. The van der Waals surface area contributed by atoms with E-state index in [-0.39, 0.29) is 12.3 Å². The van der Waals surface area contributed by atoms with E-state index in [2.05, 4.69) is 0 Å². The van der Waals surface area contributed by atoms with Crippen molar-refractivity contribution in [2.45, 2.75) is 31.4 Å². The predicted octanol–water partition coefficient (Wildman–Crippen LogP) is 1.61. The van der Waals surface area contributed by atoms with Crippen molar-refractivity contribution in [3.63, 3.8) is 0 Å². The van der Waals surface area contributed by atoms with E-state index in [1.54, 1.807) is 19.9 Å². The topological polar surface area (TPSA) is 60.2 Å². The summed E-state index contributed by atoms with van der Waals surface area (Å²) >= 11 is 0. The van der Waals surface area contributed by atoms with Gasteiger partial charge >= 0.3 is 0 Å². The summed E-state index contributed by atoms with van der Waals surface area (Å²) in [6.07, 6.45) is 0.